The van der Waals surface area contributed by atoms with E-state index >= 15 is 0 Å². The summed E-state index contributed by atoms with van der Waals surface area (Å²) in [5, 5.41) is 0. The van der Waals surface area contributed by atoms with E-state index in [-0.39, 0.29) is 18.1 Å². The highest BCUT2D eigenvalue weighted by Gasteiger charge is 2.18. The highest BCUT2D eigenvalue weighted by molar-refractivity contribution is 7.85. The van der Waals surface area contributed by atoms with Crippen molar-refractivity contribution < 1.29 is 22.4 Å². The Morgan fingerprint density at radius 3 is 2.76 bits per heavy atom. The quantitative estimate of drug-likeness (QED) is 0.575. The minimum Gasteiger partial charge on any atom is -0.344 e. The largest absolute Gasteiger partial charge is 0.344 e. The summed E-state index contributed by atoms with van der Waals surface area (Å²) in [4.78, 5) is 13.5. The summed E-state index contributed by atoms with van der Waals surface area (Å²) < 4.78 is 35.0. The predicted octanol–water partition coefficient (Wildman–Crippen LogP) is -0.590. The monoisotopic (exact) mass is 280 g/mol. The molecule has 0 spiro atoms. The Balaban J connectivity index is 2.55. The SMILES string of the molecule is CN(C)C(=O)c1c[n+](CCCS(=O)(=O)O)ns1. The van der Waals surface area contributed by atoms with Crippen LogP contribution < -0.4 is 4.68 Å². The summed E-state index contributed by atoms with van der Waals surface area (Å²) in [5.41, 5.74) is 0. The Morgan fingerprint density at radius 1 is 1.59 bits per heavy atom. The van der Waals surface area contributed by atoms with Gasteiger partial charge in [0.1, 0.15) is 0 Å². The molecule has 7 nitrogen and oxygen atoms in total. The van der Waals surface area contributed by atoms with Crippen LogP contribution in [0.3, 0.4) is 0 Å². The summed E-state index contributed by atoms with van der Waals surface area (Å²) >= 11 is 1.05. The van der Waals surface area contributed by atoms with E-state index in [1.807, 2.05) is 0 Å². The molecule has 0 saturated carbocycles. The fraction of sp³-hybridized carbons (Fsp3) is 0.625. The molecular weight excluding hydrogens is 266 g/mol. The summed E-state index contributed by atoms with van der Waals surface area (Å²) in [5.74, 6) is -0.454. The molecule has 0 saturated heterocycles. The van der Waals surface area contributed by atoms with Crippen LogP contribution in [-0.2, 0) is 16.7 Å². The van der Waals surface area contributed by atoms with Crippen molar-refractivity contribution in [3.63, 3.8) is 0 Å². The van der Waals surface area contributed by atoms with E-state index in [1.165, 1.54) is 9.58 Å². The fourth-order valence-electron chi connectivity index (χ4n) is 1.11. The van der Waals surface area contributed by atoms with Crippen LogP contribution in [0.2, 0.25) is 0 Å². The Labute approximate surface area is 104 Å². The lowest BCUT2D eigenvalue weighted by molar-refractivity contribution is -0.746. The van der Waals surface area contributed by atoms with Gasteiger partial charge in [0.05, 0.1) is 10.2 Å². The molecule has 0 fully saturated rings. The van der Waals surface area contributed by atoms with Crippen LogP contribution in [0.25, 0.3) is 0 Å². The van der Waals surface area contributed by atoms with Crippen LogP contribution in [0.15, 0.2) is 6.20 Å². The van der Waals surface area contributed by atoms with Crippen molar-refractivity contribution in [3.8, 4) is 0 Å². The van der Waals surface area contributed by atoms with E-state index < -0.39 is 10.1 Å². The van der Waals surface area contributed by atoms with Crippen molar-refractivity contribution in [1.29, 1.82) is 0 Å². The molecule has 1 rings (SSSR count). The molecule has 0 radical (unpaired) electrons. The van der Waals surface area contributed by atoms with E-state index in [4.69, 9.17) is 4.55 Å². The van der Waals surface area contributed by atoms with E-state index in [0.717, 1.165) is 11.5 Å². The van der Waals surface area contributed by atoms with Gasteiger partial charge in [0.2, 0.25) is 6.20 Å². The van der Waals surface area contributed by atoms with Crippen LogP contribution in [-0.4, -0.2) is 48.1 Å². The van der Waals surface area contributed by atoms with Gasteiger partial charge < -0.3 is 4.90 Å². The molecule has 9 heteroatoms. The summed E-state index contributed by atoms with van der Waals surface area (Å²) in [6.07, 6.45) is 1.82. The summed E-state index contributed by atoms with van der Waals surface area (Å²) in [7, 11) is -0.643. The Hall–Kier alpha value is -1.06. The van der Waals surface area contributed by atoms with Gasteiger partial charge >= 0.3 is 0 Å². The second-order valence-electron chi connectivity index (χ2n) is 3.67. The predicted molar refractivity (Wildman–Crippen MR) is 61.4 cm³/mol. The third-order valence-electron chi connectivity index (χ3n) is 1.92. The lowest BCUT2D eigenvalue weighted by Gasteiger charge is -2.04. The molecule has 17 heavy (non-hydrogen) atoms. The highest BCUT2D eigenvalue weighted by Crippen LogP contribution is 2.03. The average molecular weight is 280 g/mol. The Morgan fingerprint density at radius 2 is 2.24 bits per heavy atom. The minimum atomic E-state index is -3.93. The van der Waals surface area contributed by atoms with Crippen molar-refractivity contribution in [2.24, 2.45) is 0 Å². The maximum absolute atomic E-state index is 11.5. The third kappa shape index (κ3) is 4.75. The smallest absolute Gasteiger partial charge is 0.271 e. The molecule has 1 aromatic heterocycles. The van der Waals surface area contributed by atoms with Crippen molar-refractivity contribution >= 4 is 27.6 Å². The first kappa shape index (κ1) is 14.0. The Bertz CT molecular complexity index is 495. The second kappa shape index (κ2) is 5.52. The van der Waals surface area contributed by atoms with E-state index in [9.17, 15) is 13.2 Å². The van der Waals surface area contributed by atoms with E-state index in [0.29, 0.717) is 11.4 Å². The minimum absolute atomic E-state index is 0.143. The van der Waals surface area contributed by atoms with Crippen LogP contribution >= 0.6 is 11.5 Å². The summed E-state index contributed by atoms with van der Waals surface area (Å²) in [6.45, 7) is 0.344. The number of carbonyl (C=O) groups excluding carboxylic acids is 1. The molecular formula is C8H14N3O4S2+. The topological polar surface area (TPSA) is 91.5 Å². The number of hydrogen-bond acceptors (Lipinski definition) is 5. The molecule has 1 N–H and O–H groups in total. The number of aromatic nitrogens is 2. The van der Waals surface area contributed by atoms with Crippen molar-refractivity contribution in [3.05, 3.63) is 11.1 Å². The summed E-state index contributed by atoms with van der Waals surface area (Å²) in [6, 6.07) is 0. The molecule has 0 bridgehead atoms. The average Bonchev–Trinajstić information content (AvgIpc) is 2.63. The fourth-order valence-corrected chi connectivity index (χ4v) is 2.35. The van der Waals surface area contributed by atoms with Crippen LogP contribution in [0.5, 0.6) is 0 Å². The van der Waals surface area contributed by atoms with Crippen LogP contribution in [0.1, 0.15) is 16.1 Å². The van der Waals surface area contributed by atoms with Gasteiger partial charge in [0.15, 0.2) is 11.4 Å². The first-order valence-electron chi connectivity index (χ1n) is 4.83. The molecule has 0 aromatic carbocycles. The number of rotatable bonds is 5. The van der Waals surface area contributed by atoms with Crippen molar-refractivity contribution in [1.82, 2.24) is 9.39 Å². The van der Waals surface area contributed by atoms with Gasteiger partial charge in [-0.25, -0.2) is 0 Å². The Kier molecular flexibility index (Phi) is 4.54. The molecule has 0 aliphatic heterocycles. The molecule has 1 heterocycles. The van der Waals surface area contributed by atoms with Crippen LogP contribution in [0, 0.1) is 0 Å². The standard InChI is InChI=1S/C8H13N3O4S2/c1-10(2)8(12)7-6-11(9-16-7)4-3-5-17(13,14)15/h6H,3-5H2,1-2H3/p+1. The zero-order valence-corrected chi connectivity index (χ0v) is 11.2. The van der Waals surface area contributed by atoms with Crippen molar-refractivity contribution in [2.75, 3.05) is 19.8 Å². The lowest BCUT2D eigenvalue weighted by atomic mass is 10.4. The normalized spacial score (nSPS) is 11.5. The maximum Gasteiger partial charge on any atom is 0.271 e. The molecule has 0 aliphatic carbocycles. The number of aryl methyl sites for hydroxylation is 1. The van der Waals surface area contributed by atoms with Gasteiger partial charge in [0.25, 0.3) is 16.0 Å². The van der Waals surface area contributed by atoms with Gasteiger partial charge in [-0.1, -0.05) is 4.68 Å². The zero-order chi connectivity index (χ0) is 13.1. The van der Waals surface area contributed by atoms with Gasteiger partial charge in [-0.3, -0.25) is 9.35 Å². The van der Waals surface area contributed by atoms with Gasteiger partial charge in [0, 0.05) is 32.0 Å². The molecule has 0 unspecified atom stereocenters. The lowest BCUT2D eigenvalue weighted by Crippen LogP contribution is -2.35. The number of carbonyl (C=O) groups is 1. The van der Waals surface area contributed by atoms with E-state index in [1.54, 1.807) is 20.3 Å². The first-order chi connectivity index (χ1) is 7.79. The van der Waals surface area contributed by atoms with Gasteiger partial charge in [-0.15, -0.1) is 0 Å². The molecule has 0 aliphatic rings. The number of amides is 1. The molecule has 0 atom stereocenters. The van der Waals surface area contributed by atoms with E-state index in [2.05, 4.69) is 4.49 Å². The van der Waals surface area contributed by atoms with Crippen molar-refractivity contribution in [2.45, 2.75) is 13.0 Å². The molecule has 96 valence electrons. The molecule has 1 amide bonds. The zero-order valence-electron chi connectivity index (χ0n) is 9.53. The second-order valence-corrected chi connectivity index (χ2v) is 6.03. The van der Waals surface area contributed by atoms with Crippen LogP contribution in [0.4, 0.5) is 0 Å². The maximum atomic E-state index is 11.5. The number of nitrogens with zero attached hydrogens (tertiary/aromatic N) is 3. The first-order valence-corrected chi connectivity index (χ1v) is 7.21. The number of hydrogen-bond donors (Lipinski definition) is 1. The van der Waals surface area contributed by atoms with Gasteiger partial charge in [-0.05, 0) is 0 Å². The molecule has 1 aromatic rings. The third-order valence-corrected chi connectivity index (χ3v) is 3.49. The van der Waals surface area contributed by atoms with Gasteiger partial charge in [-0.2, -0.15) is 8.42 Å². The highest BCUT2D eigenvalue weighted by atomic mass is 32.2.